The smallest absolute Gasteiger partial charge is 0.307 e. The first-order chi connectivity index (χ1) is 10.8. The predicted octanol–water partition coefficient (Wildman–Crippen LogP) is 3.99. The van der Waals surface area contributed by atoms with E-state index in [4.69, 9.17) is 0 Å². The molecule has 1 unspecified atom stereocenters. The minimum absolute atomic E-state index is 0. The van der Waals surface area contributed by atoms with Crippen molar-refractivity contribution in [3.63, 3.8) is 0 Å². The number of piperidine rings is 1. The molecule has 3 rings (SSSR count). The van der Waals surface area contributed by atoms with Gasteiger partial charge in [0.05, 0.1) is 12.0 Å². The molecule has 1 aliphatic heterocycles. The molecule has 2 aromatic carbocycles. The Balaban J connectivity index is 0.00000192. The normalized spacial score (nSPS) is 18.4. The lowest BCUT2D eigenvalue weighted by atomic mass is 9.91. The summed E-state index contributed by atoms with van der Waals surface area (Å²) in [7, 11) is 0. The zero-order chi connectivity index (χ0) is 15.4. The molecule has 3 nitrogen and oxygen atoms in total. The molecule has 0 aromatic heterocycles. The van der Waals surface area contributed by atoms with E-state index in [2.05, 4.69) is 29.2 Å². The summed E-state index contributed by atoms with van der Waals surface area (Å²) in [5, 5.41) is 9.35. The maximum absolute atomic E-state index is 11.4. The number of carbonyl (C=O) groups is 1. The van der Waals surface area contributed by atoms with Crippen molar-refractivity contribution in [2.45, 2.75) is 18.9 Å². The highest BCUT2D eigenvalue weighted by Gasteiger charge is 2.30. The van der Waals surface area contributed by atoms with Crippen LogP contribution in [0.3, 0.4) is 0 Å². The number of carboxylic acid groups (broad SMARTS) is 1. The molecular formula is C19H22ClNO2. The highest BCUT2D eigenvalue weighted by atomic mass is 35.5. The standard InChI is InChI=1S/C19H21NO2.ClH/c21-19(22)17-12-7-13-20(14-17)18(15-8-3-1-4-9-15)16-10-5-2-6-11-16;/h1-6,8-11,17-18H,7,12-14H2,(H,21,22);1H. The summed E-state index contributed by atoms with van der Waals surface area (Å²) in [4.78, 5) is 13.7. The second-order valence-electron chi connectivity index (χ2n) is 5.90. The molecule has 1 aliphatic rings. The second-order valence-corrected chi connectivity index (χ2v) is 5.90. The lowest BCUT2D eigenvalue weighted by Gasteiger charge is -2.37. The van der Waals surface area contributed by atoms with Crippen LogP contribution in [0.25, 0.3) is 0 Å². The lowest BCUT2D eigenvalue weighted by Crippen LogP contribution is -2.41. The summed E-state index contributed by atoms with van der Waals surface area (Å²) >= 11 is 0. The number of rotatable bonds is 4. The highest BCUT2D eigenvalue weighted by molar-refractivity contribution is 5.85. The van der Waals surface area contributed by atoms with Crippen LogP contribution in [-0.4, -0.2) is 29.1 Å². The molecule has 122 valence electrons. The number of likely N-dealkylation sites (tertiary alicyclic amines) is 1. The van der Waals surface area contributed by atoms with Gasteiger partial charge in [-0.15, -0.1) is 12.4 Å². The quantitative estimate of drug-likeness (QED) is 0.920. The number of carboxylic acids is 1. The Kier molecular flexibility index (Phi) is 6.20. The van der Waals surface area contributed by atoms with Crippen LogP contribution in [0, 0.1) is 5.92 Å². The van der Waals surface area contributed by atoms with Crippen molar-refractivity contribution in [3.8, 4) is 0 Å². The van der Waals surface area contributed by atoms with Crippen LogP contribution in [0.15, 0.2) is 60.7 Å². The van der Waals surface area contributed by atoms with E-state index in [-0.39, 0.29) is 24.4 Å². The molecule has 0 amide bonds. The first kappa shape index (κ1) is 17.5. The second kappa shape index (κ2) is 8.14. The summed E-state index contributed by atoms with van der Waals surface area (Å²) in [6.45, 7) is 1.56. The Morgan fingerprint density at radius 3 is 2.00 bits per heavy atom. The van der Waals surface area contributed by atoms with Gasteiger partial charge in [-0.25, -0.2) is 0 Å². The van der Waals surface area contributed by atoms with Crippen molar-refractivity contribution in [2.75, 3.05) is 13.1 Å². The monoisotopic (exact) mass is 331 g/mol. The fraction of sp³-hybridized carbons (Fsp3) is 0.316. The van der Waals surface area contributed by atoms with E-state index in [1.807, 2.05) is 36.4 Å². The van der Waals surface area contributed by atoms with E-state index < -0.39 is 5.97 Å². The van der Waals surface area contributed by atoms with Gasteiger partial charge in [-0.05, 0) is 30.5 Å². The first-order valence-electron chi connectivity index (χ1n) is 7.82. The molecular weight excluding hydrogens is 310 g/mol. The van der Waals surface area contributed by atoms with Gasteiger partial charge >= 0.3 is 5.97 Å². The van der Waals surface area contributed by atoms with Gasteiger partial charge in [0.25, 0.3) is 0 Å². The number of nitrogens with zero attached hydrogens (tertiary/aromatic N) is 1. The third kappa shape index (κ3) is 4.12. The summed E-state index contributed by atoms with van der Waals surface area (Å²) in [6.07, 6.45) is 1.72. The number of hydrogen-bond acceptors (Lipinski definition) is 2. The fourth-order valence-electron chi connectivity index (χ4n) is 3.33. The van der Waals surface area contributed by atoms with Crippen LogP contribution in [0.2, 0.25) is 0 Å². The molecule has 0 radical (unpaired) electrons. The Hall–Kier alpha value is -1.84. The van der Waals surface area contributed by atoms with Gasteiger partial charge in [0.2, 0.25) is 0 Å². The number of hydrogen-bond donors (Lipinski definition) is 1. The molecule has 1 fully saturated rings. The Morgan fingerprint density at radius 1 is 1.00 bits per heavy atom. The maximum Gasteiger partial charge on any atom is 0.307 e. The first-order valence-corrected chi connectivity index (χ1v) is 7.82. The molecule has 0 aliphatic carbocycles. The van der Waals surface area contributed by atoms with Crippen molar-refractivity contribution < 1.29 is 9.90 Å². The lowest BCUT2D eigenvalue weighted by molar-refractivity contribution is -0.143. The van der Waals surface area contributed by atoms with Gasteiger partial charge in [-0.3, -0.25) is 9.69 Å². The zero-order valence-corrected chi connectivity index (χ0v) is 13.8. The van der Waals surface area contributed by atoms with Gasteiger partial charge in [0.15, 0.2) is 0 Å². The van der Waals surface area contributed by atoms with E-state index in [0.717, 1.165) is 19.4 Å². The number of halogens is 1. The molecule has 1 heterocycles. The average molecular weight is 332 g/mol. The fourth-order valence-corrected chi connectivity index (χ4v) is 3.33. The molecule has 1 atom stereocenters. The number of benzene rings is 2. The molecule has 4 heteroatoms. The van der Waals surface area contributed by atoms with Crippen LogP contribution in [0.1, 0.15) is 30.0 Å². The number of aliphatic carboxylic acids is 1. The molecule has 0 bridgehead atoms. The molecule has 0 spiro atoms. The van der Waals surface area contributed by atoms with Crippen molar-refractivity contribution in [1.29, 1.82) is 0 Å². The van der Waals surface area contributed by atoms with Gasteiger partial charge in [-0.2, -0.15) is 0 Å². The van der Waals surface area contributed by atoms with Crippen molar-refractivity contribution in [2.24, 2.45) is 5.92 Å². The highest BCUT2D eigenvalue weighted by Crippen LogP contribution is 2.32. The maximum atomic E-state index is 11.4. The summed E-state index contributed by atoms with van der Waals surface area (Å²) in [5.74, 6) is -0.937. The summed E-state index contributed by atoms with van der Waals surface area (Å²) in [6, 6.07) is 20.9. The predicted molar refractivity (Wildman–Crippen MR) is 93.9 cm³/mol. The molecule has 23 heavy (non-hydrogen) atoms. The van der Waals surface area contributed by atoms with Crippen molar-refractivity contribution in [3.05, 3.63) is 71.8 Å². The SMILES string of the molecule is Cl.O=C(O)C1CCCN(C(c2ccccc2)c2ccccc2)C1. The Labute approximate surface area is 143 Å². The van der Waals surface area contributed by atoms with Crippen molar-refractivity contribution in [1.82, 2.24) is 4.90 Å². The molecule has 2 aromatic rings. The largest absolute Gasteiger partial charge is 0.481 e. The third-order valence-electron chi connectivity index (χ3n) is 4.40. The van der Waals surface area contributed by atoms with E-state index in [1.54, 1.807) is 0 Å². The average Bonchev–Trinajstić information content (AvgIpc) is 2.57. The summed E-state index contributed by atoms with van der Waals surface area (Å²) < 4.78 is 0. The van der Waals surface area contributed by atoms with Gasteiger partial charge < -0.3 is 5.11 Å². The molecule has 0 saturated carbocycles. The van der Waals surface area contributed by atoms with Crippen LogP contribution in [0.4, 0.5) is 0 Å². The van der Waals surface area contributed by atoms with Crippen molar-refractivity contribution >= 4 is 18.4 Å². The van der Waals surface area contributed by atoms with E-state index >= 15 is 0 Å². The molecule has 1 N–H and O–H groups in total. The van der Waals surface area contributed by atoms with Gasteiger partial charge in [0.1, 0.15) is 0 Å². The van der Waals surface area contributed by atoms with Gasteiger partial charge in [0, 0.05) is 6.54 Å². The topological polar surface area (TPSA) is 40.5 Å². The van der Waals surface area contributed by atoms with Crippen LogP contribution >= 0.6 is 12.4 Å². The van der Waals surface area contributed by atoms with E-state index in [0.29, 0.717) is 6.54 Å². The summed E-state index contributed by atoms with van der Waals surface area (Å²) in [5.41, 5.74) is 2.44. The van der Waals surface area contributed by atoms with Gasteiger partial charge in [-0.1, -0.05) is 60.7 Å². The third-order valence-corrected chi connectivity index (χ3v) is 4.40. The van der Waals surface area contributed by atoms with E-state index in [1.165, 1.54) is 11.1 Å². The zero-order valence-electron chi connectivity index (χ0n) is 13.0. The van der Waals surface area contributed by atoms with Crippen LogP contribution in [0.5, 0.6) is 0 Å². The minimum atomic E-state index is -0.676. The molecule has 1 saturated heterocycles. The Morgan fingerprint density at radius 2 is 1.52 bits per heavy atom. The van der Waals surface area contributed by atoms with Crippen LogP contribution in [-0.2, 0) is 4.79 Å². The van der Waals surface area contributed by atoms with E-state index in [9.17, 15) is 9.90 Å². The Bertz CT molecular complexity index is 578. The van der Waals surface area contributed by atoms with Crippen LogP contribution < -0.4 is 0 Å². The minimum Gasteiger partial charge on any atom is -0.481 e.